The lowest BCUT2D eigenvalue weighted by Gasteiger charge is -2.13. The molecule has 0 unspecified atom stereocenters. The van der Waals surface area contributed by atoms with Gasteiger partial charge in [0.15, 0.2) is 5.76 Å². The van der Waals surface area contributed by atoms with Gasteiger partial charge in [0.05, 0.1) is 0 Å². The van der Waals surface area contributed by atoms with Gasteiger partial charge in [0.2, 0.25) is 0 Å². The molecule has 0 fully saturated rings. The van der Waals surface area contributed by atoms with Gasteiger partial charge in [-0.3, -0.25) is 0 Å². The number of allylic oxidation sites excluding steroid dienone is 5. The summed E-state index contributed by atoms with van der Waals surface area (Å²) in [5, 5.41) is 0. The van der Waals surface area contributed by atoms with Gasteiger partial charge in [-0.25, -0.2) is 0 Å². The molecule has 2 rings (SSSR count). The molecule has 14 heavy (non-hydrogen) atoms. The predicted molar refractivity (Wildman–Crippen MR) is 55.0 cm³/mol. The maximum atomic E-state index is 5.58. The van der Waals surface area contributed by atoms with Crippen LogP contribution in [0.5, 0.6) is 0 Å². The quantitative estimate of drug-likeness (QED) is 0.629. The summed E-state index contributed by atoms with van der Waals surface area (Å²) in [5.74, 6) is 2.89. The van der Waals surface area contributed by atoms with Gasteiger partial charge >= 0.3 is 0 Å². The largest absolute Gasteiger partial charge is 0.458 e. The molecule has 1 heterocycles. The van der Waals surface area contributed by atoms with Crippen molar-refractivity contribution in [3.63, 3.8) is 0 Å². The normalized spacial score (nSPS) is 20.3. The van der Waals surface area contributed by atoms with Crippen molar-refractivity contribution in [3.05, 3.63) is 60.5 Å². The summed E-state index contributed by atoms with van der Waals surface area (Å²) in [6.45, 7) is 7.44. The minimum Gasteiger partial charge on any atom is -0.458 e. The Kier molecular flexibility index (Phi) is 2.27. The van der Waals surface area contributed by atoms with Crippen LogP contribution in [0.3, 0.4) is 0 Å². The van der Waals surface area contributed by atoms with E-state index in [-0.39, 0.29) is 0 Å². The molecule has 0 atom stereocenters. The van der Waals surface area contributed by atoms with Crippen LogP contribution in [-0.2, 0) is 9.47 Å². The average molecular weight is 188 g/mol. The van der Waals surface area contributed by atoms with Crippen LogP contribution in [0.25, 0.3) is 0 Å². The molecule has 2 aliphatic rings. The molecule has 0 spiro atoms. The predicted octanol–water partition coefficient (Wildman–Crippen LogP) is 3.18. The molecule has 0 saturated carbocycles. The first-order chi connectivity index (χ1) is 6.79. The molecule has 0 aromatic heterocycles. The summed E-state index contributed by atoms with van der Waals surface area (Å²) < 4.78 is 11.1. The van der Waals surface area contributed by atoms with Crippen LogP contribution in [0.2, 0.25) is 0 Å². The maximum absolute atomic E-state index is 5.58. The van der Waals surface area contributed by atoms with Crippen LogP contribution in [0.4, 0.5) is 0 Å². The Labute approximate surface area is 83.5 Å². The Bertz CT molecular complexity index is 370. The molecule has 1 aliphatic heterocycles. The third-order valence-corrected chi connectivity index (χ3v) is 2.07. The molecule has 0 amide bonds. The summed E-state index contributed by atoms with van der Waals surface area (Å²) in [6, 6.07) is 0. The Morgan fingerprint density at radius 2 is 2.21 bits per heavy atom. The Morgan fingerprint density at radius 1 is 1.36 bits per heavy atom. The Hall–Kier alpha value is -1.70. The third kappa shape index (κ3) is 1.64. The van der Waals surface area contributed by atoms with E-state index in [1.54, 1.807) is 12.2 Å². The average Bonchev–Trinajstić information content (AvgIpc) is 2.35. The summed E-state index contributed by atoms with van der Waals surface area (Å²) in [6.07, 6.45) is 9.22. The standard InChI is InChI=1S/C12H12O2/c1-3-10-8-9(2)13-11-6-4-5-7-12(11)14-10/h3,5,7-8H,1-2,4,6H2. The van der Waals surface area contributed by atoms with Crippen molar-refractivity contribution in [3.8, 4) is 0 Å². The van der Waals surface area contributed by atoms with Crippen molar-refractivity contribution < 1.29 is 9.47 Å². The van der Waals surface area contributed by atoms with Crippen LogP contribution < -0.4 is 0 Å². The SMILES string of the molecule is C=CC1=CC(=C)OC2=C(C=CCC2)O1. The zero-order valence-electron chi connectivity index (χ0n) is 7.95. The molecule has 0 saturated heterocycles. The third-order valence-electron chi connectivity index (χ3n) is 2.07. The highest BCUT2D eigenvalue weighted by Crippen LogP contribution is 2.28. The van der Waals surface area contributed by atoms with E-state index in [4.69, 9.17) is 9.47 Å². The van der Waals surface area contributed by atoms with E-state index in [1.165, 1.54) is 0 Å². The first-order valence-corrected chi connectivity index (χ1v) is 4.58. The van der Waals surface area contributed by atoms with Crippen molar-refractivity contribution in [2.24, 2.45) is 0 Å². The number of rotatable bonds is 1. The minimum atomic E-state index is 0.597. The van der Waals surface area contributed by atoms with Crippen molar-refractivity contribution >= 4 is 0 Å². The summed E-state index contributed by atoms with van der Waals surface area (Å²) in [4.78, 5) is 0. The highest BCUT2D eigenvalue weighted by atomic mass is 16.5. The van der Waals surface area contributed by atoms with E-state index in [0.717, 1.165) is 24.4 Å². The van der Waals surface area contributed by atoms with Gasteiger partial charge < -0.3 is 9.47 Å². The van der Waals surface area contributed by atoms with Crippen LogP contribution in [-0.4, -0.2) is 0 Å². The topological polar surface area (TPSA) is 18.5 Å². The van der Waals surface area contributed by atoms with Gasteiger partial charge in [-0.1, -0.05) is 19.2 Å². The molecular weight excluding hydrogens is 176 g/mol. The smallest absolute Gasteiger partial charge is 0.165 e. The minimum absolute atomic E-state index is 0.597. The fraction of sp³-hybridized carbons (Fsp3) is 0.167. The molecule has 1 aliphatic carbocycles. The van der Waals surface area contributed by atoms with Gasteiger partial charge in [-0.05, 0) is 18.6 Å². The fourth-order valence-electron chi connectivity index (χ4n) is 1.42. The van der Waals surface area contributed by atoms with Crippen molar-refractivity contribution in [2.45, 2.75) is 12.8 Å². The van der Waals surface area contributed by atoms with E-state index in [1.807, 2.05) is 6.08 Å². The number of hydrogen-bond acceptors (Lipinski definition) is 2. The summed E-state index contributed by atoms with van der Waals surface area (Å²) >= 11 is 0. The molecule has 0 radical (unpaired) electrons. The second kappa shape index (κ2) is 3.58. The number of ether oxygens (including phenoxy) is 2. The van der Waals surface area contributed by atoms with Gasteiger partial charge in [0.25, 0.3) is 0 Å². The lowest BCUT2D eigenvalue weighted by Crippen LogP contribution is -1.98. The summed E-state index contributed by atoms with van der Waals surface area (Å²) in [7, 11) is 0. The van der Waals surface area contributed by atoms with Crippen molar-refractivity contribution in [1.29, 1.82) is 0 Å². The van der Waals surface area contributed by atoms with Gasteiger partial charge in [-0.2, -0.15) is 0 Å². The fourth-order valence-corrected chi connectivity index (χ4v) is 1.42. The van der Waals surface area contributed by atoms with Crippen molar-refractivity contribution in [2.75, 3.05) is 0 Å². The van der Waals surface area contributed by atoms with E-state index in [2.05, 4.69) is 19.2 Å². The lowest BCUT2D eigenvalue weighted by molar-refractivity contribution is 0.265. The first kappa shape index (κ1) is 8.88. The van der Waals surface area contributed by atoms with E-state index >= 15 is 0 Å². The highest BCUT2D eigenvalue weighted by Gasteiger charge is 2.16. The van der Waals surface area contributed by atoms with Crippen LogP contribution >= 0.6 is 0 Å². The summed E-state index contributed by atoms with van der Waals surface area (Å²) in [5.41, 5.74) is 0. The second-order valence-corrected chi connectivity index (χ2v) is 3.15. The monoisotopic (exact) mass is 188 g/mol. The molecule has 0 aromatic rings. The Balaban J connectivity index is 2.34. The van der Waals surface area contributed by atoms with Crippen LogP contribution in [0.15, 0.2) is 60.5 Å². The zero-order chi connectivity index (χ0) is 9.97. The van der Waals surface area contributed by atoms with Gasteiger partial charge in [0.1, 0.15) is 17.3 Å². The lowest BCUT2D eigenvalue weighted by atomic mass is 10.1. The molecular formula is C12H12O2. The van der Waals surface area contributed by atoms with Gasteiger partial charge in [-0.15, -0.1) is 0 Å². The molecule has 72 valence electrons. The van der Waals surface area contributed by atoms with E-state index in [0.29, 0.717) is 11.5 Å². The zero-order valence-corrected chi connectivity index (χ0v) is 7.95. The Morgan fingerprint density at radius 3 is 3.00 bits per heavy atom. The maximum Gasteiger partial charge on any atom is 0.165 e. The van der Waals surface area contributed by atoms with Crippen LogP contribution in [0.1, 0.15) is 12.8 Å². The second-order valence-electron chi connectivity index (χ2n) is 3.15. The molecule has 2 heteroatoms. The van der Waals surface area contributed by atoms with E-state index in [9.17, 15) is 0 Å². The molecule has 0 N–H and O–H groups in total. The molecule has 0 bridgehead atoms. The van der Waals surface area contributed by atoms with Crippen LogP contribution in [0, 0.1) is 0 Å². The first-order valence-electron chi connectivity index (χ1n) is 4.58. The highest BCUT2D eigenvalue weighted by molar-refractivity contribution is 5.31. The number of hydrogen-bond donors (Lipinski definition) is 0. The van der Waals surface area contributed by atoms with Crippen molar-refractivity contribution in [1.82, 2.24) is 0 Å². The molecule has 2 nitrogen and oxygen atoms in total. The van der Waals surface area contributed by atoms with E-state index < -0.39 is 0 Å². The molecule has 0 aromatic carbocycles. The van der Waals surface area contributed by atoms with Gasteiger partial charge in [0, 0.05) is 12.5 Å².